The smallest absolute Gasteiger partial charge is 0.303 e. The Bertz CT molecular complexity index is 732. The van der Waals surface area contributed by atoms with Crippen LogP contribution in [-0.4, -0.2) is 11.1 Å². The Labute approximate surface area is 149 Å². The number of rotatable bonds is 8. The highest BCUT2D eigenvalue weighted by atomic mass is 16.4. The molecule has 3 nitrogen and oxygen atoms in total. The lowest BCUT2D eigenvalue weighted by Gasteiger charge is -2.41. The average Bonchev–Trinajstić information content (AvgIpc) is 2.59. The van der Waals surface area contributed by atoms with E-state index in [1.165, 1.54) is 5.56 Å². The maximum Gasteiger partial charge on any atom is 0.303 e. The van der Waals surface area contributed by atoms with Crippen LogP contribution < -0.4 is 0 Å². The summed E-state index contributed by atoms with van der Waals surface area (Å²) in [4.78, 5) is 11.4. The van der Waals surface area contributed by atoms with E-state index in [1.807, 2.05) is 62.4 Å². The number of benzene rings is 2. The number of aryl methyl sites for hydroxylation is 1. The Balaban J connectivity index is 2.31. The van der Waals surface area contributed by atoms with Gasteiger partial charge in [-0.2, -0.15) is 5.26 Å². The van der Waals surface area contributed by atoms with Crippen molar-refractivity contribution in [1.82, 2.24) is 0 Å². The molecule has 130 valence electrons. The molecule has 0 saturated carbocycles. The van der Waals surface area contributed by atoms with E-state index in [1.54, 1.807) is 0 Å². The maximum absolute atomic E-state index is 11.4. The van der Waals surface area contributed by atoms with Crippen molar-refractivity contribution >= 4 is 5.97 Å². The maximum atomic E-state index is 11.4. The van der Waals surface area contributed by atoms with Crippen LogP contribution in [0.15, 0.2) is 60.7 Å². The molecule has 0 bridgehead atoms. The van der Waals surface area contributed by atoms with Crippen molar-refractivity contribution in [3.05, 3.63) is 71.8 Å². The lowest BCUT2D eigenvalue weighted by atomic mass is 9.59. The van der Waals surface area contributed by atoms with E-state index in [0.29, 0.717) is 6.42 Å². The zero-order valence-electron chi connectivity index (χ0n) is 14.9. The zero-order chi connectivity index (χ0) is 18.3. The SMILES string of the molecule is CC(C)(CC(=O)O)C(C#N)(CCCc1ccccc1)c1ccccc1. The second kappa shape index (κ2) is 7.98. The lowest BCUT2D eigenvalue weighted by molar-refractivity contribution is -0.140. The minimum atomic E-state index is -0.872. The highest BCUT2D eigenvalue weighted by molar-refractivity contribution is 5.68. The van der Waals surface area contributed by atoms with Crippen molar-refractivity contribution < 1.29 is 9.90 Å². The van der Waals surface area contributed by atoms with Crippen LogP contribution in [0.3, 0.4) is 0 Å². The Morgan fingerprint density at radius 2 is 1.60 bits per heavy atom. The molecule has 0 saturated heterocycles. The predicted molar refractivity (Wildman–Crippen MR) is 99.1 cm³/mol. The quantitative estimate of drug-likeness (QED) is 0.740. The minimum absolute atomic E-state index is 0.0409. The highest BCUT2D eigenvalue weighted by Crippen LogP contribution is 2.47. The molecule has 0 aromatic heterocycles. The summed E-state index contributed by atoms with van der Waals surface area (Å²) in [6.07, 6.45) is 2.29. The van der Waals surface area contributed by atoms with Crippen molar-refractivity contribution in [2.75, 3.05) is 0 Å². The fraction of sp³-hybridized carbons (Fsp3) is 0.364. The molecule has 2 rings (SSSR count). The van der Waals surface area contributed by atoms with Gasteiger partial charge in [-0.25, -0.2) is 0 Å². The third-order valence-corrected chi connectivity index (χ3v) is 5.07. The first-order valence-electron chi connectivity index (χ1n) is 8.64. The van der Waals surface area contributed by atoms with Crippen LogP contribution in [0, 0.1) is 16.7 Å². The number of carboxylic acids is 1. The second-order valence-electron chi connectivity index (χ2n) is 7.18. The number of nitrogens with zero attached hydrogens (tertiary/aromatic N) is 1. The van der Waals surface area contributed by atoms with E-state index in [2.05, 4.69) is 18.2 Å². The molecule has 1 N–H and O–H groups in total. The molecular formula is C22H25NO2. The van der Waals surface area contributed by atoms with Gasteiger partial charge in [-0.15, -0.1) is 0 Å². The normalized spacial score (nSPS) is 13.6. The van der Waals surface area contributed by atoms with E-state index in [-0.39, 0.29) is 6.42 Å². The van der Waals surface area contributed by atoms with Gasteiger partial charge in [-0.1, -0.05) is 74.5 Å². The summed E-state index contributed by atoms with van der Waals surface area (Å²) in [5.74, 6) is -0.872. The minimum Gasteiger partial charge on any atom is -0.481 e. The summed E-state index contributed by atoms with van der Waals surface area (Å²) < 4.78 is 0. The van der Waals surface area contributed by atoms with Gasteiger partial charge in [0.1, 0.15) is 0 Å². The standard InChI is InChI=1S/C22H25NO2/c1-21(2,16-20(24)25)22(17-23,19-13-7-4-8-14-19)15-9-12-18-10-5-3-6-11-18/h3-8,10-11,13-14H,9,12,15-16H2,1-2H3,(H,24,25). The Hall–Kier alpha value is -2.60. The molecule has 0 heterocycles. The van der Waals surface area contributed by atoms with Gasteiger partial charge in [0.15, 0.2) is 0 Å². The van der Waals surface area contributed by atoms with Crippen molar-refractivity contribution in [2.45, 2.75) is 44.9 Å². The average molecular weight is 335 g/mol. The van der Waals surface area contributed by atoms with Crippen LogP contribution in [0.25, 0.3) is 0 Å². The number of carboxylic acid groups (broad SMARTS) is 1. The van der Waals surface area contributed by atoms with Crippen LogP contribution in [0.1, 0.15) is 44.2 Å². The Morgan fingerprint density at radius 3 is 2.12 bits per heavy atom. The molecule has 2 aromatic carbocycles. The third-order valence-electron chi connectivity index (χ3n) is 5.07. The van der Waals surface area contributed by atoms with Crippen molar-refractivity contribution in [3.8, 4) is 6.07 Å². The summed E-state index contributed by atoms with van der Waals surface area (Å²) in [7, 11) is 0. The summed E-state index contributed by atoms with van der Waals surface area (Å²) in [6, 6.07) is 22.3. The van der Waals surface area contributed by atoms with Crippen molar-refractivity contribution in [2.24, 2.45) is 5.41 Å². The number of hydrogen-bond acceptors (Lipinski definition) is 2. The largest absolute Gasteiger partial charge is 0.481 e. The second-order valence-corrected chi connectivity index (χ2v) is 7.18. The fourth-order valence-electron chi connectivity index (χ4n) is 3.60. The number of nitriles is 1. The Morgan fingerprint density at radius 1 is 1.04 bits per heavy atom. The van der Waals surface area contributed by atoms with Gasteiger partial charge in [0.05, 0.1) is 17.9 Å². The predicted octanol–water partition coefficient (Wildman–Crippen LogP) is 4.97. The van der Waals surface area contributed by atoms with Crippen LogP contribution >= 0.6 is 0 Å². The van der Waals surface area contributed by atoms with Gasteiger partial charge in [-0.3, -0.25) is 4.79 Å². The number of carbonyl (C=O) groups is 1. The molecule has 0 aliphatic heterocycles. The van der Waals surface area contributed by atoms with E-state index in [9.17, 15) is 15.2 Å². The molecule has 1 atom stereocenters. The fourth-order valence-corrected chi connectivity index (χ4v) is 3.60. The topological polar surface area (TPSA) is 61.1 Å². The molecule has 2 aromatic rings. The van der Waals surface area contributed by atoms with E-state index < -0.39 is 16.8 Å². The summed E-state index contributed by atoms with van der Waals surface area (Å²) >= 11 is 0. The van der Waals surface area contributed by atoms with Crippen LogP contribution in [0.5, 0.6) is 0 Å². The van der Waals surface area contributed by atoms with Crippen molar-refractivity contribution in [1.29, 1.82) is 5.26 Å². The number of hydrogen-bond donors (Lipinski definition) is 1. The molecule has 0 fully saturated rings. The summed E-state index contributed by atoms with van der Waals surface area (Å²) in [6.45, 7) is 3.78. The first-order valence-corrected chi connectivity index (χ1v) is 8.64. The van der Waals surface area contributed by atoms with E-state index in [0.717, 1.165) is 18.4 Å². The first kappa shape index (κ1) is 18.7. The van der Waals surface area contributed by atoms with Crippen LogP contribution in [-0.2, 0) is 16.6 Å². The molecule has 0 aliphatic rings. The van der Waals surface area contributed by atoms with E-state index >= 15 is 0 Å². The molecule has 0 radical (unpaired) electrons. The van der Waals surface area contributed by atoms with Gasteiger partial charge in [0, 0.05) is 0 Å². The summed E-state index contributed by atoms with van der Waals surface area (Å²) in [5, 5.41) is 19.5. The third kappa shape index (κ3) is 4.28. The van der Waals surface area contributed by atoms with Gasteiger partial charge >= 0.3 is 5.97 Å². The number of aliphatic carboxylic acids is 1. The first-order chi connectivity index (χ1) is 11.9. The molecule has 0 spiro atoms. The molecular weight excluding hydrogens is 310 g/mol. The van der Waals surface area contributed by atoms with Gasteiger partial charge in [0.2, 0.25) is 0 Å². The Kier molecular flexibility index (Phi) is 5.98. The van der Waals surface area contributed by atoms with Gasteiger partial charge in [0.25, 0.3) is 0 Å². The monoisotopic (exact) mass is 335 g/mol. The summed E-state index contributed by atoms with van der Waals surface area (Å²) in [5.41, 5.74) is 0.628. The molecule has 3 heteroatoms. The van der Waals surface area contributed by atoms with Crippen LogP contribution in [0.4, 0.5) is 0 Å². The van der Waals surface area contributed by atoms with Crippen molar-refractivity contribution in [3.63, 3.8) is 0 Å². The molecule has 0 amide bonds. The van der Waals surface area contributed by atoms with Gasteiger partial charge in [-0.05, 0) is 35.8 Å². The van der Waals surface area contributed by atoms with E-state index in [4.69, 9.17) is 0 Å². The molecule has 1 unspecified atom stereocenters. The zero-order valence-corrected chi connectivity index (χ0v) is 14.9. The molecule has 0 aliphatic carbocycles. The molecule has 25 heavy (non-hydrogen) atoms. The lowest BCUT2D eigenvalue weighted by Crippen LogP contribution is -2.42. The highest BCUT2D eigenvalue weighted by Gasteiger charge is 2.47. The van der Waals surface area contributed by atoms with Crippen LogP contribution in [0.2, 0.25) is 0 Å². The van der Waals surface area contributed by atoms with Gasteiger partial charge < -0.3 is 5.11 Å².